The zero-order chi connectivity index (χ0) is 12.7. The van der Waals surface area contributed by atoms with E-state index in [1.54, 1.807) is 5.69 Å². The van der Waals surface area contributed by atoms with Gasteiger partial charge >= 0.3 is 0 Å². The maximum absolute atomic E-state index is 13.2. The second-order valence-corrected chi connectivity index (χ2v) is 7.66. The smallest absolute Gasteiger partial charge is 0.205 e. The Morgan fingerprint density at radius 2 is 1.12 bits per heavy atom. The van der Waals surface area contributed by atoms with Crippen LogP contribution in [0.2, 0.25) is 13.1 Å². The molecule has 0 atom stereocenters. The Balaban J connectivity index is 3.73. The molecule has 1 aromatic rings. The second-order valence-electron chi connectivity index (χ2n) is 3.68. The highest BCUT2D eigenvalue weighted by Crippen LogP contribution is 2.19. The van der Waals surface area contributed by atoms with Crippen LogP contribution in [0.25, 0.3) is 0 Å². The van der Waals surface area contributed by atoms with Crippen molar-refractivity contribution in [3.63, 3.8) is 0 Å². The van der Waals surface area contributed by atoms with Crippen LogP contribution in [0.15, 0.2) is 0 Å². The molecule has 0 aliphatic heterocycles. The minimum atomic E-state index is -3.32. The van der Waals surface area contributed by atoms with Crippen LogP contribution < -0.4 is 5.19 Å². The van der Waals surface area contributed by atoms with Crippen molar-refractivity contribution in [2.45, 2.75) is 13.1 Å². The Morgan fingerprint density at radius 1 is 0.812 bits per heavy atom. The summed E-state index contributed by atoms with van der Waals surface area (Å²) in [5.74, 6) is -10.0. The largest absolute Gasteiger partial charge is 0.206 e. The molecular formula is C9H6F5NSi. The summed E-state index contributed by atoms with van der Waals surface area (Å²) in [6.07, 6.45) is 0. The lowest BCUT2D eigenvalue weighted by Crippen LogP contribution is -2.46. The van der Waals surface area contributed by atoms with Crippen LogP contribution in [-0.4, -0.2) is 8.07 Å². The van der Waals surface area contributed by atoms with Gasteiger partial charge in [0.1, 0.15) is 0 Å². The molecule has 7 heteroatoms. The Kier molecular flexibility index (Phi) is 3.05. The van der Waals surface area contributed by atoms with Gasteiger partial charge in [-0.15, -0.1) is 0 Å². The van der Waals surface area contributed by atoms with Crippen molar-refractivity contribution >= 4 is 13.3 Å². The van der Waals surface area contributed by atoms with Gasteiger partial charge in [0, 0.05) is 10.9 Å². The molecule has 0 bridgehead atoms. The number of benzene rings is 1. The normalized spacial score (nSPS) is 11.4. The summed E-state index contributed by atoms with van der Waals surface area (Å²) in [5.41, 5.74) is 1.62. The second kappa shape index (κ2) is 3.86. The molecule has 0 aliphatic carbocycles. The summed E-state index contributed by atoms with van der Waals surface area (Å²) >= 11 is 0. The van der Waals surface area contributed by atoms with Crippen molar-refractivity contribution < 1.29 is 22.0 Å². The van der Waals surface area contributed by atoms with E-state index in [4.69, 9.17) is 5.26 Å². The van der Waals surface area contributed by atoms with Gasteiger partial charge in [0.25, 0.3) is 0 Å². The van der Waals surface area contributed by atoms with Crippen LogP contribution in [0.1, 0.15) is 0 Å². The molecule has 1 aromatic carbocycles. The van der Waals surface area contributed by atoms with E-state index in [0.29, 0.717) is 0 Å². The summed E-state index contributed by atoms with van der Waals surface area (Å²) < 4.78 is 64.8. The monoisotopic (exact) mass is 251 g/mol. The average Bonchev–Trinajstić information content (AvgIpc) is 2.23. The van der Waals surface area contributed by atoms with Crippen LogP contribution in [0.5, 0.6) is 0 Å². The molecule has 0 N–H and O–H groups in total. The minimum Gasteiger partial charge on any atom is -0.206 e. The predicted octanol–water partition coefficient (Wildman–Crippen LogP) is 2.36. The van der Waals surface area contributed by atoms with Crippen molar-refractivity contribution in [1.82, 2.24) is 0 Å². The van der Waals surface area contributed by atoms with E-state index < -0.39 is 42.3 Å². The molecule has 0 unspecified atom stereocenters. The first-order valence-corrected chi connectivity index (χ1v) is 7.17. The van der Waals surface area contributed by atoms with E-state index in [1.807, 2.05) is 0 Å². The molecule has 0 amide bonds. The van der Waals surface area contributed by atoms with Gasteiger partial charge in [0.05, 0.1) is 0 Å². The highest BCUT2D eigenvalue weighted by atomic mass is 28.3. The van der Waals surface area contributed by atoms with Crippen LogP contribution >= 0.6 is 0 Å². The van der Waals surface area contributed by atoms with Crippen molar-refractivity contribution in [3.05, 3.63) is 29.1 Å². The highest BCUT2D eigenvalue weighted by molar-refractivity contribution is 6.96. The molecule has 0 radical (unpaired) electrons. The zero-order valence-corrected chi connectivity index (χ0v) is 9.34. The number of halogens is 5. The van der Waals surface area contributed by atoms with Crippen LogP contribution in [0, 0.1) is 40.0 Å². The van der Waals surface area contributed by atoms with Crippen LogP contribution in [-0.2, 0) is 0 Å². The van der Waals surface area contributed by atoms with E-state index in [2.05, 4.69) is 0 Å². The third-order valence-electron chi connectivity index (χ3n) is 2.11. The molecule has 0 aliphatic rings. The van der Waals surface area contributed by atoms with Gasteiger partial charge in [0.15, 0.2) is 23.3 Å². The average molecular weight is 251 g/mol. The van der Waals surface area contributed by atoms with Crippen LogP contribution in [0.4, 0.5) is 22.0 Å². The lowest BCUT2D eigenvalue weighted by Gasteiger charge is -2.16. The zero-order valence-electron chi connectivity index (χ0n) is 8.34. The van der Waals surface area contributed by atoms with Gasteiger partial charge in [-0.3, -0.25) is 0 Å². The first-order valence-electron chi connectivity index (χ1n) is 4.17. The molecule has 0 saturated carbocycles. The molecular weight excluding hydrogens is 245 g/mol. The number of nitriles is 1. The number of hydrogen-bond acceptors (Lipinski definition) is 1. The summed E-state index contributed by atoms with van der Waals surface area (Å²) in [7, 11) is -3.32. The fourth-order valence-corrected chi connectivity index (χ4v) is 2.64. The van der Waals surface area contributed by atoms with Gasteiger partial charge in [-0.2, -0.15) is 0 Å². The third kappa shape index (κ3) is 1.69. The maximum Gasteiger partial charge on any atom is 0.205 e. The number of rotatable bonds is 1. The lowest BCUT2D eigenvalue weighted by atomic mass is 10.3. The SMILES string of the molecule is C[Si](C)(C#N)c1c(F)c(F)c(F)c(F)c1F. The van der Waals surface area contributed by atoms with Gasteiger partial charge < -0.3 is 0 Å². The standard InChI is InChI=1S/C9H6F5NSi/c1-16(2,3-15)9-7(13)5(11)4(10)6(12)8(9)14/h1-2H3. The molecule has 0 heterocycles. The van der Waals surface area contributed by atoms with Crippen molar-refractivity contribution in [3.8, 4) is 5.69 Å². The fraction of sp³-hybridized carbons (Fsp3) is 0.222. The van der Waals surface area contributed by atoms with E-state index in [1.165, 1.54) is 13.1 Å². The fourth-order valence-electron chi connectivity index (χ4n) is 1.21. The summed E-state index contributed by atoms with van der Waals surface area (Å²) in [6, 6.07) is 0. The Bertz CT molecular complexity index is 463. The molecule has 1 nitrogen and oxygen atoms in total. The van der Waals surface area contributed by atoms with E-state index >= 15 is 0 Å². The minimum absolute atomic E-state index is 0.980. The Morgan fingerprint density at radius 3 is 1.44 bits per heavy atom. The maximum atomic E-state index is 13.2. The van der Waals surface area contributed by atoms with Crippen molar-refractivity contribution in [2.24, 2.45) is 0 Å². The first-order chi connectivity index (χ1) is 7.24. The van der Waals surface area contributed by atoms with Gasteiger partial charge in [0.2, 0.25) is 13.9 Å². The molecule has 0 aromatic heterocycles. The Hall–Kier alpha value is -1.42. The molecule has 0 spiro atoms. The number of nitrogens with zero attached hydrogens (tertiary/aromatic N) is 1. The number of hydrogen-bond donors (Lipinski definition) is 0. The molecule has 0 fully saturated rings. The molecule has 1 rings (SSSR count). The van der Waals surface area contributed by atoms with Crippen molar-refractivity contribution in [2.75, 3.05) is 0 Å². The summed E-state index contributed by atoms with van der Waals surface area (Å²) in [4.78, 5) is 0. The molecule has 0 saturated heterocycles. The van der Waals surface area contributed by atoms with E-state index in [0.717, 1.165) is 0 Å². The predicted molar refractivity (Wildman–Crippen MR) is 49.0 cm³/mol. The van der Waals surface area contributed by atoms with Gasteiger partial charge in [-0.1, -0.05) is 13.1 Å². The first kappa shape index (κ1) is 12.6. The van der Waals surface area contributed by atoms with Gasteiger partial charge in [-0.25, -0.2) is 27.2 Å². The summed E-state index contributed by atoms with van der Waals surface area (Å²) in [5, 5.41) is 7.71. The van der Waals surface area contributed by atoms with E-state index in [-0.39, 0.29) is 0 Å². The van der Waals surface area contributed by atoms with Crippen molar-refractivity contribution in [1.29, 1.82) is 5.26 Å². The molecule has 86 valence electrons. The Labute approximate surface area is 89.1 Å². The van der Waals surface area contributed by atoms with Gasteiger partial charge in [-0.05, 0) is 0 Å². The van der Waals surface area contributed by atoms with Crippen LogP contribution in [0.3, 0.4) is 0 Å². The molecule has 16 heavy (non-hydrogen) atoms. The highest BCUT2D eigenvalue weighted by Gasteiger charge is 2.36. The summed E-state index contributed by atoms with van der Waals surface area (Å²) in [6.45, 7) is 2.40. The third-order valence-corrected chi connectivity index (χ3v) is 4.36. The lowest BCUT2D eigenvalue weighted by molar-refractivity contribution is 0.384. The topological polar surface area (TPSA) is 23.8 Å². The quantitative estimate of drug-likeness (QED) is 0.325. The van der Waals surface area contributed by atoms with E-state index in [9.17, 15) is 22.0 Å².